The van der Waals surface area contributed by atoms with Crippen molar-refractivity contribution in [3.8, 4) is 5.75 Å². The number of halogens is 1. The minimum Gasteiger partial charge on any atom is -0.497 e. The van der Waals surface area contributed by atoms with E-state index in [1.807, 2.05) is 0 Å². The molecule has 1 amide bonds. The molecular formula is C15H21FN2O2. The fourth-order valence-electron chi connectivity index (χ4n) is 2.45. The minimum absolute atomic E-state index is 0.143. The molecule has 1 fully saturated rings. The van der Waals surface area contributed by atoms with Crippen LogP contribution in [-0.4, -0.2) is 26.1 Å². The molecule has 2 N–H and O–H groups in total. The largest absolute Gasteiger partial charge is 0.497 e. The average molecular weight is 280 g/mol. The normalized spacial score (nSPS) is 15.9. The predicted molar refractivity (Wildman–Crippen MR) is 76.4 cm³/mol. The summed E-state index contributed by atoms with van der Waals surface area (Å²) in [7, 11) is 1.51. The second-order valence-corrected chi connectivity index (χ2v) is 5.13. The second kappa shape index (κ2) is 7.24. The molecule has 1 aromatic carbocycles. The Morgan fingerprint density at radius 2 is 2.20 bits per heavy atom. The predicted octanol–water partition coefficient (Wildman–Crippen LogP) is 2.55. The number of hydrogen-bond donors (Lipinski definition) is 2. The first-order valence-electron chi connectivity index (χ1n) is 7.03. The average Bonchev–Trinajstić information content (AvgIpc) is 2.48. The first-order chi connectivity index (χ1) is 9.69. The summed E-state index contributed by atoms with van der Waals surface area (Å²) in [6.45, 7) is 2.05. The molecule has 1 heterocycles. The van der Waals surface area contributed by atoms with Crippen LogP contribution in [0.5, 0.6) is 5.75 Å². The smallest absolute Gasteiger partial charge is 0.224 e. The molecule has 0 aromatic heterocycles. The van der Waals surface area contributed by atoms with Crippen LogP contribution >= 0.6 is 0 Å². The van der Waals surface area contributed by atoms with Crippen LogP contribution in [0.25, 0.3) is 0 Å². The van der Waals surface area contributed by atoms with Crippen molar-refractivity contribution in [3.63, 3.8) is 0 Å². The van der Waals surface area contributed by atoms with Gasteiger partial charge in [-0.2, -0.15) is 0 Å². The molecule has 1 aliphatic rings. The van der Waals surface area contributed by atoms with Gasteiger partial charge in [0.15, 0.2) is 0 Å². The van der Waals surface area contributed by atoms with E-state index in [0.29, 0.717) is 18.1 Å². The molecule has 20 heavy (non-hydrogen) atoms. The van der Waals surface area contributed by atoms with Crippen molar-refractivity contribution in [2.24, 2.45) is 5.92 Å². The summed E-state index contributed by atoms with van der Waals surface area (Å²) in [4.78, 5) is 11.9. The van der Waals surface area contributed by atoms with E-state index in [9.17, 15) is 9.18 Å². The molecule has 0 spiro atoms. The van der Waals surface area contributed by atoms with Crippen molar-refractivity contribution in [2.45, 2.75) is 25.7 Å². The quantitative estimate of drug-likeness (QED) is 0.871. The van der Waals surface area contributed by atoms with Crippen LogP contribution in [0.4, 0.5) is 10.1 Å². The van der Waals surface area contributed by atoms with Gasteiger partial charge in [-0.3, -0.25) is 4.79 Å². The highest BCUT2D eigenvalue weighted by atomic mass is 19.1. The zero-order chi connectivity index (χ0) is 14.4. The lowest BCUT2D eigenvalue weighted by molar-refractivity contribution is -0.116. The Balaban J connectivity index is 1.84. The van der Waals surface area contributed by atoms with Gasteiger partial charge in [-0.05, 0) is 50.4 Å². The summed E-state index contributed by atoms with van der Waals surface area (Å²) in [5, 5.41) is 5.91. The first-order valence-corrected chi connectivity index (χ1v) is 7.03. The van der Waals surface area contributed by atoms with Crippen LogP contribution in [0.15, 0.2) is 18.2 Å². The zero-order valence-electron chi connectivity index (χ0n) is 11.7. The van der Waals surface area contributed by atoms with Gasteiger partial charge in [0.05, 0.1) is 12.8 Å². The monoisotopic (exact) mass is 280 g/mol. The summed E-state index contributed by atoms with van der Waals surface area (Å²) in [6, 6.07) is 4.32. The fourth-order valence-corrected chi connectivity index (χ4v) is 2.45. The van der Waals surface area contributed by atoms with Crippen molar-refractivity contribution in [1.29, 1.82) is 0 Å². The molecule has 1 saturated heterocycles. The van der Waals surface area contributed by atoms with Crippen molar-refractivity contribution < 1.29 is 13.9 Å². The Morgan fingerprint density at radius 3 is 2.90 bits per heavy atom. The topological polar surface area (TPSA) is 50.4 Å². The Bertz CT molecular complexity index is 459. The molecule has 4 nitrogen and oxygen atoms in total. The summed E-state index contributed by atoms with van der Waals surface area (Å²) < 4.78 is 18.6. The van der Waals surface area contributed by atoms with Crippen molar-refractivity contribution in [2.75, 3.05) is 25.5 Å². The maximum Gasteiger partial charge on any atom is 0.224 e. The van der Waals surface area contributed by atoms with Gasteiger partial charge < -0.3 is 15.4 Å². The van der Waals surface area contributed by atoms with Gasteiger partial charge in [0.2, 0.25) is 5.91 Å². The van der Waals surface area contributed by atoms with Crippen LogP contribution in [-0.2, 0) is 4.79 Å². The van der Waals surface area contributed by atoms with Crippen LogP contribution in [0.1, 0.15) is 25.7 Å². The molecule has 1 aliphatic heterocycles. The van der Waals surface area contributed by atoms with Crippen molar-refractivity contribution >= 4 is 11.6 Å². The third kappa shape index (κ3) is 4.20. The van der Waals surface area contributed by atoms with E-state index in [1.165, 1.54) is 25.3 Å². The Kier molecular flexibility index (Phi) is 5.35. The third-order valence-electron chi connectivity index (χ3n) is 3.69. The van der Waals surface area contributed by atoms with E-state index in [-0.39, 0.29) is 11.6 Å². The number of rotatable bonds is 5. The number of anilines is 1. The molecule has 2 rings (SSSR count). The number of carbonyl (C=O) groups excluding carboxylic acids is 1. The Morgan fingerprint density at radius 1 is 1.45 bits per heavy atom. The maximum absolute atomic E-state index is 13.6. The molecule has 0 saturated carbocycles. The van der Waals surface area contributed by atoms with E-state index in [2.05, 4.69) is 10.6 Å². The van der Waals surface area contributed by atoms with Gasteiger partial charge in [0.1, 0.15) is 11.6 Å². The highest BCUT2D eigenvalue weighted by Gasteiger charge is 2.15. The van der Waals surface area contributed by atoms with Crippen LogP contribution in [0, 0.1) is 11.7 Å². The second-order valence-electron chi connectivity index (χ2n) is 5.13. The van der Waals surface area contributed by atoms with Gasteiger partial charge in [-0.1, -0.05) is 0 Å². The lowest BCUT2D eigenvalue weighted by Crippen LogP contribution is -2.28. The molecule has 0 radical (unpaired) electrons. The van der Waals surface area contributed by atoms with Gasteiger partial charge in [-0.15, -0.1) is 0 Å². The standard InChI is InChI=1S/C15H21FN2O2/c1-20-12-3-4-13(16)14(10-12)18-15(19)5-2-11-6-8-17-9-7-11/h3-4,10-11,17H,2,5-9H2,1H3,(H,18,19). The third-order valence-corrected chi connectivity index (χ3v) is 3.69. The van der Waals surface area contributed by atoms with Gasteiger partial charge in [0, 0.05) is 12.5 Å². The summed E-state index contributed by atoms with van der Waals surface area (Å²) >= 11 is 0. The fraction of sp³-hybridized carbons (Fsp3) is 0.533. The summed E-state index contributed by atoms with van der Waals surface area (Å²) in [5.41, 5.74) is 0.180. The van der Waals surface area contributed by atoms with Gasteiger partial charge >= 0.3 is 0 Å². The molecule has 0 atom stereocenters. The van der Waals surface area contributed by atoms with Crippen LogP contribution in [0.2, 0.25) is 0 Å². The number of methoxy groups -OCH3 is 1. The zero-order valence-corrected chi connectivity index (χ0v) is 11.7. The molecule has 0 aliphatic carbocycles. The number of amides is 1. The lowest BCUT2D eigenvalue weighted by Gasteiger charge is -2.22. The number of nitrogens with one attached hydrogen (secondary N) is 2. The molecule has 5 heteroatoms. The Labute approximate surface area is 118 Å². The van der Waals surface area contributed by atoms with Gasteiger partial charge in [0.25, 0.3) is 0 Å². The number of benzene rings is 1. The lowest BCUT2D eigenvalue weighted by atomic mass is 9.93. The van der Waals surface area contributed by atoms with E-state index < -0.39 is 5.82 Å². The molecule has 0 unspecified atom stereocenters. The molecule has 110 valence electrons. The molecular weight excluding hydrogens is 259 g/mol. The summed E-state index contributed by atoms with van der Waals surface area (Å²) in [5.74, 6) is 0.536. The van der Waals surface area contributed by atoms with Gasteiger partial charge in [-0.25, -0.2) is 4.39 Å². The summed E-state index contributed by atoms with van der Waals surface area (Å²) in [6.07, 6.45) is 3.52. The van der Waals surface area contributed by atoms with E-state index in [0.717, 1.165) is 32.4 Å². The van der Waals surface area contributed by atoms with Crippen LogP contribution in [0.3, 0.4) is 0 Å². The number of carbonyl (C=O) groups is 1. The van der Waals surface area contributed by atoms with E-state index in [4.69, 9.17) is 4.74 Å². The highest BCUT2D eigenvalue weighted by molar-refractivity contribution is 5.91. The van der Waals surface area contributed by atoms with Crippen molar-refractivity contribution in [1.82, 2.24) is 5.32 Å². The SMILES string of the molecule is COc1ccc(F)c(NC(=O)CCC2CCNCC2)c1. The Hall–Kier alpha value is -1.62. The highest BCUT2D eigenvalue weighted by Crippen LogP contribution is 2.22. The maximum atomic E-state index is 13.6. The molecule has 1 aromatic rings. The van der Waals surface area contributed by atoms with E-state index in [1.54, 1.807) is 0 Å². The number of piperidine rings is 1. The number of hydrogen-bond acceptors (Lipinski definition) is 3. The molecule has 0 bridgehead atoms. The van der Waals surface area contributed by atoms with Crippen LogP contribution < -0.4 is 15.4 Å². The first kappa shape index (κ1) is 14.8. The number of ether oxygens (including phenoxy) is 1. The van der Waals surface area contributed by atoms with E-state index >= 15 is 0 Å². The van der Waals surface area contributed by atoms with Crippen molar-refractivity contribution in [3.05, 3.63) is 24.0 Å². The minimum atomic E-state index is -0.444.